The Labute approximate surface area is 97.4 Å². The van der Waals surface area contributed by atoms with Crippen molar-refractivity contribution in [3.05, 3.63) is 35.4 Å². The van der Waals surface area contributed by atoms with Crippen LogP contribution in [0.25, 0.3) is 0 Å². The minimum atomic E-state index is 0.446. The number of hydrogen-bond donors (Lipinski definition) is 1. The molecular weight excluding hydrogens is 202 g/mol. The molecular formula is C13H21NS. The molecule has 2 N–H and O–H groups in total. The summed E-state index contributed by atoms with van der Waals surface area (Å²) in [5.41, 5.74) is 8.60. The van der Waals surface area contributed by atoms with Gasteiger partial charge in [0.05, 0.1) is 0 Å². The van der Waals surface area contributed by atoms with E-state index < -0.39 is 0 Å². The van der Waals surface area contributed by atoms with Crippen molar-refractivity contribution < 1.29 is 0 Å². The molecule has 2 atom stereocenters. The van der Waals surface area contributed by atoms with Gasteiger partial charge in [-0.25, -0.2) is 0 Å². The third-order valence-corrected chi connectivity index (χ3v) is 4.29. The summed E-state index contributed by atoms with van der Waals surface area (Å²) in [7, 11) is 0. The molecule has 0 aromatic heterocycles. The molecule has 15 heavy (non-hydrogen) atoms. The van der Waals surface area contributed by atoms with E-state index in [-0.39, 0.29) is 0 Å². The van der Waals surface area contributed by atoms with E-state index in [2.05, 4.69) is 45.0 Å². The highest BCUT2D eigenvalue weighted by atomic mass is 32.2. The van der Waals surface area contributed by atoms with E-state index in [1.807, 2.05) is 11.8 Å². The lowest BCUT2D eigenvalue weighted by atomic mass is 10.1. The molecule has 84 valence electrons. The van der Waals surface area contributed by atoms with E-state index in [4.69, 9.17) is 5.73 Å². The molecule has 0 spiro atoms. The van der Waals surface area contributed by atoms with Crippen LogP contribution >= 0.6 is 11.8 Å². The first-order chi connectivity index (χ1) is 7.19. The summed E-state index contributed by atoms with van der Waals surface area (Å²) in [4.78, 5) is 0. The number of rotatable bonds is 5. The van der Waals surface area contributed by atoms with Crippen LogP contribution in [0.2, 0.25) is 0 Å². The van der Waals surface area contributed by atoms with Gasteiger partial charge in [-0.2, -0.15) is 0 Å². The molecule has 1 aromatic carbocycles. The van der Waals surface area contributed by atoms with Gasteiger partial charge in [-0.05, 0) is 24.5 Å². The van der Waals surface area contributed by atoms with Crippen LogP contribution in [0.15, 0.2) is 24.3 Å². The largest absolute Gasteiger partial charge is 0.329 e. The SMILES string of the molecule is CCC(C)SC(CN)c1ccccc1C. The van der Waals surface area contributed by atoms with Gasteiger partial charge in [-0.15, -0.1) is 11.8 Å². The second-order valence-electron chi connectivity index (χ2n) is 3.94. The monoisotopic (exact) mass is 223 g/mol. The minimum absolute atomic E-state index is 0.446. The molecule has 1 aromatic rings. The summed E-state index contributed by atoms with van der Waals surface area (Å²) >= 11 is 1.99. The zero-order valence-electron chi connectivity index (χ0n) is 9.86. The molecule has 0 saturated heterocycles. The maximum atomic E-state index is 5.86. The predicted molar refractivity (Wildman–Crippen MR) is 70.3 cm³/mol. The van der Waals surface area contributed by atoms with Crippen molar-refractivity contribution in [3.63, 3.8) is 0 Å². The molecule has 2 heteroatoms. The summed E-state index contributed by atoms with van der Waals surface area (Å²) < 4.78 is 0. The van der Waals surface area contributed by atoms with Crippen LogP contribution in [0.1, 0.15) is 36.6 Å². The lowest BCUT2D eigenvalue weighted by Crippen LogP contribution is -2.13. The van der Waals surface area contributed by atoms with Crippen LogP contribution in [-0.4, -0.2) is 11.8 Å². The molecule has 1 nitrogen and oxygen atoms in total. The highest BCUT2D eigenvalue weighted by Gasteiger charge is 2.14. The van der Waals surface area contributed by atoms with Gasteiger partial charge in [0.1, 0.15) is 0 Å². The number of aryl methyl sites for hydroxylation is 1. The average molecular weight is 223 g/mol. The van der Waals surface area contributed by atoms with Crippen LogP contribution < -0.4 is 5.73 Å². The fourth-order valence-electron chi connectivity index (χ4n) is 1.58. The molecule has 0 amide bonds. The van der Waals surface area contributed by atoms with Gasteiger partial charge in [0.15, 0.2) is 0 Å². The van der Waals surface area contributed by atoms with Crippen molar-refractivity contribution in [2.75, 3.05) is 6.54 Å². The van der Waals surface area contributed by atoms with E-state index in [9.17, 15) is 0 Å². The van der Waals surface area contributed by atoms with E-state index in [1.54, 1.807) is 0 Å². The van der Waals surface area contributed by atoms with Gasteiger partial charge < -0.3 is 5.73 Å². The van der Waals surface area contributed by atoms with Crippen LogP contribution in [0.5, 0.6) is 0 Å². The third kappa shape index (κ3) is 3.54. The Morgan fingerprint density at radius 2 is 2.00 bits per heavy atom. The quantitative estimate of drug-likeness (QED) is 0.826. The van der Waals surface area contributed by atoms with Gasteiger partial charge in [0.2, 0.25) is 0 Å². The zero-order chi connectivity index (χ0) is 11.3. The first kappa shape index (κ1) is 12.6. The topological polar surface area (TPSA) is 26.0 Å². The zero-order valence-corrected chi connectivity index (χ0v) is 10.7. The summed E-state index contributed by atoms with van der Waals surface area (Å²) in [5.74, 6) is 0. The third-order valence-electron chi connectivity index (χ3n) is 2.72. The van der Waals surface area contributed by atoms with Crippen molar-refractivity contribution in [1.29, 1.82) is 0 Å². The van der Waals surface area contributed by atoms with Gasteiger partial charge in [0, 0.05) is 17.0 Å². The Balaban J connectivity index is 2.78. The standard InChI is InChI=1S/C13H21NS/c1-4-11(3)15-13(9-14)12-8-6-5-7-10(12)2/h5-8,11,13H,4,9,14H2,1-3H3. The molecule has 0 aliphatic carbocycles. The van der Waals surface area contributed by atoms with E-state index in [0.29, 0.717) is 10.5 Å². The van der Waals surface area contributed by atoms with E-state index in [1.165, 1.54) is 17.5 Å². The first-order valence-corrected chi connectivity index (χ1v) is 6.54. The molecule has 2 unspecified atom stereocenters. The Bertz CT molecular complexity index is 298. The number of nitrogens with two attached hydrogens (primary N) is 1. The smallest absolute Gasteiger partial charge is 0.0424 e. The number of thioether (sulfide) groups is 1. The summed E-state index contributed by atoms with van der Waals surface area (Å²) in [6.07, 6.45) is 1.20. The summed E-state index contributed by atoms with van der Waals surface area (Å²) in [6, 6.07) is 8.54. The van der Waals surface area contributed by atoms with Gasteiger partial charge in [-0.1, -0.05) is 38.1 Å². The fourth-order valence-corrected chi connectivity index (χ4v) is 2.86. The van der Waals surface area contributed by atoms with Gasteiger partial charge in [0.25, 0.3) is 0 Å². The normalized spacial score (nSPS) is 14.9. The second kappa shape index (κ2) is 6.19. The van der Waals surface area contributed by atoms with Crippen LogP contribution in [0, 0.1) is 6.92 Å². The lowest BCUT2D eigenvalue weighted by Gasteiger charge is -2.20. The lowest BCUT2D eigenvalue weighted by molar-refractivity contribution is 0.871. The Hall–Kier alpha value is -0.470. The molecule has 0 aliphatic rings. The molecule has 0 radical (unpaired) electrons. The van der Waals surface area contributed by atoms with Crippen LogP contribution in [0.4, 0.5) is 0 Å². The van der Waals surface area contributed by atoms with E-state index >= 15 is 0 Å². The molecule has 1 rings (SSSR count). The second-order valence-corrected chi connectivity index (χ2v) is 5.58. The maximum absolute atomic E-state index is 5.86. The molecule has 0 saturated carbocycles. The predicted octanol–water partition coefficient (Wildman–Crippen LogP) is 3.53. The number of hydrogen-bond acceptors (Lipinski definition) is 2. The Morgan fingerprint density at radius 3 is 2.53 bits per heavy atom. The van der Waals surface area contributed by atoms with Crippen molar-refractivity contribution in [2.45, 2.75) is 37.7 Å². The first-order valence-electron chi connectivity index (χ1n) is 5.60. The van der Waals surface area contributed by atoms with Crippen molar-refractivity contribution in [2.24, 2.45) is 5.73 Å². The molecule has 0 heterocycles. The highest BCUT2D eigenvalue weighted by Crippen LogP contribution is 2.33. The van der Waals surface area contributed by atoms with Crippen molar-refractivity contribution >= 4 is 11.8 Å². The Kier molecular flexibility index (Phi) is 5.20. The fraction of sp³-hybridized carbons (Fsp3) is 0.538. The van der Waals surface area contributed by atoms with Crippen molar-refractivity contribution in [3.8, 4) is 0 Å². The van der Waals surface area contributed by atoms with Gasteiger partial charge >= 0.3 is 0 Å². The molecule has 0 fully saturated rings. The Morgan fingerprint density at radius 1 is 1.33 bits per heavy atom. The van der Waals surface area contributed by atoms with Crippen molar-refractivity contribution in [1.82, 2.24) is 0 Å². The van der Waals surface area contributed by atoms with Gasteiger partial charge in [-0.3, -0.25) is 0 Å². The summed E-state index contributed by atoms with van der Waals surface area (Å²) in [5, 5.41) is 1.12. The van der Waals surface area contributed by atoms with Crippen LogP contribution in [0.3, 0.4) is 0 Å². The van der Waals surface area contributed by atoms with Crippen LogP contribution in [-0.2, 0) is 0 Å². The van der Waals surface area contributed by atoms with E-state index in [0.717, 1.165) is 6.54 Å². The molecule has 0 aliphatic heterocycles. The highest BCUT2D eigenvalue weighted by molar-refractivity contribution is 8.00. The summed E-state index contributed by atoms with van der Waals surface area (Å²) in [6.45, 7) is 7.38. The maximum Gasteiger partial charge on any atom is 0.0424 e. The average Bonchev–Trinajstić information content (AvgIpc) is 2.26. The minimum Gasteiger partial charge on any atom is -0.329 e. The number of benzene rings is 1. The molecule has 0 bridgehead atoms.